The Labute approximate surface area is 132 Å². The van der Waals surface area contributed by atoms with E-state index in [0.717, 1.165) is 0 Å². The van der Waals surface area contributed by atoms with Crippen molar-refractivity contribution in [3.8, 4) is 0 Å². The lowest BCUT2D eigenvalue weighted by molar-refractivity contribution is -0.192. The van der Waals surface area contributed by atoms with Gasteiger partial charge in [-0.05, 0) is 19.3 Å². The summed E-state index contributed by atoms with van der Waals surface area (Å²) in [5.41, 5.74) is 5.49. The second-order valence-corrected chi connectivity index (χ2v) is 5.48. The minimum atomic E-state index is -5.08. The second kappa shape index (κ2) is 10.8. The van der Waals surface area contributed by atoms with Gasteiger partial charge < -0.3 is 21.3 Å². The average molecular weight is 344 g/mol. The van der Waals surface area contributed by atoms with Crippen LogP contribution in [-0.4, -0.2) is 46.3 Å². The molecule has 0 rings (SSSR count). The van der Waals surface area contributed by atoms with E-state index < -0.39 is 18.1 Å². The van der Waals surface area contributed by atoms with Crippen LogP contribution in [-0.2, 0) is 14.4 Å². The molecule has 0 bridgehead atoms. The molecule has 0 spiro atoms. The van der Waals surface area contributed by atoms with Gasteiger partial charge in [0, 0.05) is 18.5 Å². The fraction of sp³-hybridized carbons (Fsp3) is 0.769. The first-order chi connectivity index (χ1) is 10.3. The Kier molecular flexibility index (Phi) is 11.0. The Morgan fingerprint density at radius 2 is 1.52 bits per heavy atom. The number of amides is 1. The molecule has 10 heteroatoms. The van der Waals surface area contributed by atoms with Gasteiger partial charge in [-0.2, -0.15) is 13.2 Å². The molecule has 0 aliphatic carbocycles. The molecule has 0 aromatic rings. The number of aliphatic carboxylic acids is 2. The summed E-state index contributed by atoms with van der Waals surface area (Å²) in [7, 11) is 0. The van der Waals surface area contributed by atoms with E-state index in [2.05, 4.69) is 5.32 Å². The number of nitrogens with one attached hydrogen (secondary N) is 1. The molecule has 136 valence electrons. The molecule has 0 aliphatic heterocycles. The van der Waals surface area contributed by atoms with Crippen molar-refractivity contribution in [3.05, 3.63) is 0 Å². The van der Waals surface area contributed by atoms with E-state index in [0.29, 0.717) is 12.3 Å². The Balaban J connectivity index is 0. The van der Waals surface area contributed by atoms with Gasteiger partial charge in [-0.25, -0.2) is 4.79 Å². The number of carboxylic acids is 2. The minimum Gasteiger partial charge on any atom is -0.481 e. The molecular weight excluding hydrogens is 321 g/mol. The number of hydrogen-bond acceptors (Lipinski definition) is 4. The van der Waals surface area contributed by atoms with Crippen LogP contribution in [0.2, 0.25) is 0 Å². The molecule has 1 amide bonds. The summed E-state index contributed by atoms with van der Waals surface area (Å²) >= 11 is 0. The molecule has 5 N–H and O–H groups in total. The fourth-order valence-electron chi connectivity index (χ4n) is 1.55. The highest BCUT2D eigenvalue weighted by Gasteiger charge is 2.38. The van der Waals surface area contributed by atoms with Crippen LogP contribution in [0.25, 0.3) is 0 Å². The standard InChI is InChI=1S/C11H22N2O3.C2HF3O2/c1-7(2)4-9(6-11(15)16)13-10(14)5-8(3)12;3-2(4,5)1(6)7/h7-9H,4-6,12H2,1-3H3,(H,13,14)(H,15,16);(H,6,7)/t8-,9-;/m0./s1. The SMILES string of the molecule is CC(C)C[C@@H](CC(=O)O)NC(=O)C[C@H](C)N.O=C(O)C(F)(F)F. The maximum Gasteiger partial charge on any atom is 0.490 e. The number of carbonyl (C=O) groups is 3. The zero-order valence-electron chi connectivity index (χ0n) is 13.2. The highest BCUT2D eigenvalue weighted by atomic mass is 19.4. The molecule has 0 unspecified atom stereocenters. The molecule has 0 aromatic heterocycles. The number of hydrogen-bond donors (Lipinski definition) is 4. The van der Waals surface area contributed by atoms with Crippen LogP contribution in [0.4, 0.5) is 13.2 Å². The van der Waals surface area contributed by atoms with Gasteiger partial charge in [0.05, 0.1) is 6.42 Å². The van der Waals surface area contributed by atoms with Gasteiger partial charge in [0.15, 0.2) is 0 Å². The quantitative estimate of drug-likeness (QED) is 0.552. The first kappa shape index (κ1) is 23.4. The molecular formula is C13H23F3N2O5. The molecule has 0 fully saturated rings. The molecule has 0 radical (unpaired) electrons. The molecule has 23 heavy (non-hydrogen) atoms. The van der Waals surface area contributed by atoms with Gasteiger partial charge in [-0.3, -0.25) is 9.59 Å². The van der Waals surface area contributed by atoms with Gasteiger partial charge in [-0.15, -0.1) is 0 Å². The van der Waals surface area contributed by atoms with Crippen LogP contribution in [0.1, 0.15) is 40.0 Å². The monoisotopic (exact) mass is 344 g/mol. The summed E-state index contributed by atoms with van der Waals surface area (Å²) in [6, 6.07) is -0.506. The van der Waals surface area contributed by atoms with Gasteiger partial charge in [0.2, 0.25) is 5.91 Å². The van der Waals surface area contributed by atoms with Gasteiger partial charge in [-0.1, -0.05) is 13.8 Å². The maximum absolute atomic E-state index is 11.4. The van der Waals surface area contributed by atoms with E-state index in [9.17, 15) is 22.8 Å². The highest BCUT2D eigenvalue weighted by Crippen LogP contribution is 2.13. The number of halogens is 3. The number of rotatable bonds is 7. The lowest BCUT2D eigenvalue weighted by Gasteiger charge is -2.19. The zero-order chi connectivity index (χ0) is 18.8. The fourth-order valence-corrected chi connectivity index (χ4v) is 1.55. The molecule has 0 saturated carbocycles. The Morgan fingerprint density at radius 3 is 1.78 bits per heavy atom. The lowest BCUT2D eigenvalue weighted by Crippen LogP contribution is -2.39. The van der Waals surface area contributed by atoms with Crippen molar-refractivity contribution < 1.29 is 37.8 Å². The highest BCUT2D eigenvalue weighted by molar-refractivity contribution is 5.77. The Morgan fingerprint density at radius 1 is 1.09 bits per heavy atom. The van der Waals surface area contributed by atoms with Crippen molar-refractivity contribution in [3.63, 3.8) is 0 Å². The minimum absolute atomic E-state index is 0.0388. The molecule has 0 aliphatic rings. The van der Waals surface area contributed by atoms with E-state index in [1.165, 1.54) is 0 Å². The van der Waals surface area contributed by atoms with Crippen LogP contribution in [0.5, 0.6) is 0 Å². The van der Waals surface area contributed by atoms with Crippen molar-refractivity contribution in [2.75, 3.05) is 0 Å². The summed E-state index contributed by atoms with van der Waals surface area (Å²) < 4.78 is 31.7. The third kappa shape index (κ3) is 16.4. The van der Waals surface area contributed by atoms with Crippen molar-refractivity contribution in [2.24, 2.45) is 11.7 Å². The lowest BCUT2D eigenvalue weighted by atomic mass is 10.0. The summed E-state index contributed by atoms with van der Waals surface area (Å²) in [5.74, 6) is -3.49. The third-order valence-corrected chi connectivity index (χ3v) is 2.29. The molecule has 0 heterocycles. The topological polar surface area (TPSA) is 130 Å². The summed E-state index contributed by atoms with van der Waals surface area (Å²) in [4.78, 5) is 31.0. The van der Waals surface area contributed by atoms with E-state index in [4.69, 9.17) is 20.7 Å². The third-order valence-electron chi connectivity index (χ3n) is 2.29. The van der Waals surface area contributed by atoms with Gasteiger partial charge in [0.1, 0.15) is 0 Å². The summed E-state index contributed by atoms with van der Waals surface area (Å²) in [6.07, 6.45) is -4.23. The number of carbonyl (C=O) groups excluding carboxylic acids is 1. The van der Waals surface area contributed by atoms with Crippen molar-refractivity contribution in [2.45, 2.75) is 58.3 Å². The predicted octanol–water partition coefficient (Wildman–Crippen LogP) is 1.36. The van der Waals surface area contributed by atoms with Crippen molar-refractivity contribution >= 4 is 17.8 Å². The van der Waals surface area contributed by atoms with Crippen LogP contribution in [0.3, 0.4) is 0 Å². The zero-order valence-corrected chi connectivity index (χ0v) is 13.2. The summed E-state index contributed by atoms with van der Waals surface area (Å²) in [5, 5.41) is 18.6. The van der Waals surface area contributed by atoms with E-state index in [1.807, 2.05) is 13.8 Å². The number of alkyl halides is 3. The average Bonchev–Trinajstić information content (AvgIpc) is 2.24. The Bertz CT molecular complexity index is 398. The normalized spacial score (nSPS) is 13.6. The van der Waals surface area contributed by atoms with Crippen LogP contribution in [0, 0.1) is 5.92 Å². The van der Waals surface area contributed by atoms with Crippen LogP contribution < -0.4 is 11.1 Å². The molecule has 0 aromatic carbocycles. The smallest absolute Gasteiger partial charge is 0.481 e. The van der Waals surface area contributed by atoms with Crippen LogP contribution >= 0.6 is 0 Å². The first-order valence-corrected chi connectivity index (χ1v) is 6.82. The molecule has 7 nitrogen and oxygen atoms in total. The number of carboxylic acid groups (broad SMARTS) is 2. The van der Waals surface area contributed by atoms with Crippen molar-refractivity contribution in [1.29, 1.82) is 0 Å². The second-order valence-electron chi connectivity index (χ2n) is 5.48. The van der Waals surface area contributed by atoms with Crippen molar-refractivity contribution in [1.82, 2.24) is 5.32 Å². The predicted molar refractivity (Wildman–Crippen MR) is 75.6 cm³/mol. The molecule has 0 saturated heterocycles. The first-order valence-electron chi connectivity index (χ1n) is 6.82. The maximum atomic E-state index is 11.4. The van der Waals surface area contributed by atoms with E-state index >= 15 is 0 Å². The van der Waals surface area contributed by atoms with E-state index in [1.54, 1.807) is 6.92 Å². The summed E-state index contributed by atoms with van der Waals surface area (Å²) in [6.45, 7) is 5.73. The van der Waals surface area contributed by atoms with E-state index in [-0.39, 0.29) is 30.8 Å². The van der Waals surface area contributed by atoms with Gasteiger partial charge >= 0.3 is 18.1 Å². The largest absolute Gasteiger partial charge is 0.490 e. The number of nitrogens with two attached hydrogens (primary N) is 1. The molecule has 2 atom stereocenters. The van der Waals surface area contributed by atoms with Gasteiger partial charge in [0.25, 0.3) is 0 Å². The van der Waals surface area contributed by atoms with Crippen LogP contribution in [0.15, 0.2) is 0 Å². The Hall–Kier alpha value is -1.84.